The molecule has 1 saturated carbocycles. The van der Waals surface area contributed by atoms with Crippen LogP contribution in [0.3, 0.4) is 0 Å². The van der Waals surface area contributed by atoms with Gasteiger partial charge in [0.15, 0.2) is 11.5 Å². The van der Waals surface area contributed by atoms with Gasteiger partial charge in [0, 0.05) is 26.0 Å². The molecule has 33 heavy (non-hydrogen) atoms. The maximum Gasteiger partial charge on any atom is 0.262 e. The second-order valence-electron chi connectivity index (χ2n) is 8.12. The van der Waals surface area contributed by atoms with E-state index in [-0.39, 0.29) is 30.3 Å². The van der Waals surface area contributed by atoms with Crippen molar-refractivity contribution in [1.29, 1.82) is 0 Å². The monoisotopic (exact) mass is 471 g/mol. The van der Waals surface area contributed by atoms with E-state index in [9.17, 15) is 9.59 Å². The predicted molar refractivity (Wildman–Crippen MR) is 126 cm³/mol. The lowest BCUT2D eigenvalue weighted by atomic mass is 10.0. The van der Waals surface area contributed by atoms with E-state index in [0.29, 0.717) is 31.1 Å². The Bertz CT molecular complexity index is 1020. The summed E-state index contributed by atoms with van der Waals surface area (Å²) in [7, 11) is 4.77. The molecule has 1 aliphatic heterocycles. The van der Waals surface area contributed by atoms with Gasteiger partial charge in [-0.15, -0.1) is 11.3 Å². The van der Waals surface area contributed by atoms with Crippen molar-refractivity contribution in [3.05, 3.63) is 46.2 Å². The Morgan fingerprint density at radius 1 is 1.15 bits per heavy atom. The van der Waals surface area contributed by atoms with Crippen LogP contribution in [0.2, 0.25) is 0 Å². The van der Waals surface area contributed by atoms with Crippen molar-refractivity contribution in [3.8, 4) is 11.5 Å². The fourth-order valence-electron chi connectivity index (χ4n) is 3.94. The number of rotatable bonds is 10. The molecule has 0 N–H and O–H groups in total. The second kappa shape index (κ2) is 10.4. The number of carbonyl (C=O) groups is 2. The molecule has 2 aromatic rings. The summed E-state index contributed by atoms with van der Waals surface area (Å²) in [5.41, 5.74) is 1.75. The molecule has 176 valence electrons. The van der Waals surface area contributed by atoms with Crippen molar-refractivity contribution in [2.75, 3.05) is 41.0 Å². The average Bonchev–Trinajstić information content (AvgIpc) is 3.35. The predicted octanol–water partition coefficient (Wildman–Crippen LogP) is 3.33. The lowest BCUT2D eigenvalue weighted by molar-refractivity contribution is -0.142. The van der Waals surface area contributed by atoms with Gasteiger partial charge in [0.05, 0.1) is 37.5 Å². The third-order valence-electron chi connectivity index (χ3n) is 5.89. The molecule has 1 aliphatic carbocycles. The van der Waals surface area contributed by atoms with Crippen molar-refractivity contribution in [3.63, 3.8) is 0 Å². The standard InChI is InChI=1S/C24H29N3O5S/c1-30-11-10-26(24(29)16-6-7-16)15-23(28)27-19(14-18(25-27)22-5-4-12-33-22)17-8-9-20(31-2)21(13-17)32-3/h4-5,8-9,12-13,16,19H,6-7,10-11,14-15H2,1-3H3/t19-/m1/s1. The van der Waals surface area contributed by atoms with Crippen LogP contribution in [0, 0.1) is 5.92 Å². The van der Waals surface area contributed by atoms with Crippen LogP contribution in [0.5, 0.6) is 11.5 Å². The van der Waals surface area contributed by atoms with Gasteiger partial charge in [0.2, 0.25) is 5.91 Å². The van der Waals surface area contributed by atoms with Gasteiger partial charge in [0.25, 0.3) is 5.91 Å². The quantitative estimate of drug-likeness (QED) is 0.531. The molecule has 9 heteroatoms. The fraction of sp³-hybridized carbons (Fsp3) is 0.458. The average molecular weight is 472 g/mol. The first-order chi connectivity index (χ1) is 16.0. The van der Waals surface area contributed by atoms with E-state index in [4.69, 9.17) is 19.3 Å². The third kappa shape index (κ3) is 5.20. The zero-order valence-electron chi connectivity index (χ0n) is 19.2. The molecule has 2 heterocycles. The van der Waals surface area contributed by atoms with Crippen LogP contribution >= 0.6 is 11.3 Å². The van der Waals surface area contributed by atoms with Crippen molar-refractivity contribution >= 4 is 28.9 Å². The van der Waals surface area contributed by atoms with Crippen LogP contribution < -0.4 is 9.47 Å². The lowest BCUT2D eigenvalue weighted by Gasteiger charge is -2.27. The highest BCUT2D eigenvalue weighted by molar-refractivity contribution is 7.12. The smallest absolute Gasteiger partial charge is 0.262 e. The second-order valence-corrected chi connectivity index (χ2v) is 9.07. The summed E-state index contributed by atoms with van der Waals surface area (Å²) in [4.78, 5) is 28.9. The maximum atomic E-state index is 13.5. The highest BCUT2D eigenvalue weighted by atomic mass is 32.1. The maximum absolute atomic E-state index is 13.5. The Kier molecular flexibility index (Phi) is 7.29. The van der Waals surface area contributed by atoms with E-state index in [0.717, 1.165) is 29.0 Å². The molecular formula is C24H29N3O5S. The molecule has 0 unspecified atom stereocenters. The molecule has 8 nitrogen and oxygen atoms in total. The number of benzene rings is 1. The Morgan fingerprint density at radius 2 is 1.94 bits per heavy atom. The molecule has 0 saturated heterocycles. The third-order valence-corrected chi connectivity index (χ3v) is 6.81. The minimum Gasteiger partial charge on any atom is -0.493 e. The summed E-state index contributed by atoms with van der Waals surface area (Å²) in [6.07, 6.45) is 2.35. The number of hydrogen-bond donors (Lipinski definition) is 0. The molecule has 0 spiro atoms. The van der Waals surface area contributed by atoms with E-state index in [2.05, 4.69) is 0 Å². The van der Waals surface area contributed by atoms with Gasteiger partial charge in [-0.3, -0.25) is 9.59 Å². The zero-order valence-corrected chi connectivity index (χ0v) is 20.0. The largest absolute Gasteiger partial charge is 0.493 e. The Balaban J connectivity index is 1.61. The molecule has 1 fully saturated rings. The molecule has 1 atom stereocenters. The lowest BCUT2D eigenvalue weighted by Crippen LogP contribution is -2.43. The Morgan fingerprint density at radius 3 is 2.58 bits per heavy atom. The molecule has 2 aliphatic rings. The van der Waals surface area contributed by atoms with E-state index in [1.54, 1.807) is 37.6 Å². The van der Waals surface area contributed by atoms with Gasteiger partial charge in [-0.05, 0) is 42.0 Å². The van der Waals surface area contributed by atoms with E-state index in [1.165, 1.54) is 5.01 Å². The molecule has 0 bridgehead atoms. The van der Waals surface area contributed by atoms with Gasteiger partial charge in [-0.2, -0.15) is 5.10 Å². The van der Waals surface area contributed by atoms with Crippen molar-refractivity contribution in [2.24, 2.45) is 11.0 Å². The van der Waals surface area contributed by atoms with Crippen LogP contribution in [-0.2, 0) is 14.3 Å². The van der Waals surface area contributed by atoms with Gasteiger partial charge in [0.1, 0.15) is 6.54 Å². The molecule has 0 radical (unpaired) electrons. The number of carbonyl (C=O) groups excluding carboxylic acids is 2. The number of hydrazone groups is 1. The summed E-state index contributed by atoms with van der Waals surface area (Å²) in [6, 6.07) is 9.33. The molecule has 2 amide bonds. The van der Waals surface area contributed by atoms with E-state index in [1.807, 2.05) is 35.7 Å². The number of methoxy groups -OCH3 is 3. The van der Waals surface area contributed by atoms with Crippen molar-refractivity contribution in [2.45, 2.75) is 25.3 Å². The first-order valence-electron chi connectivity index (χ1n) is 11.0. The molecule has 1 aromatic heterocycles. The van der Waals surface area contributed by atoms with E-state index < -0.39 is 0 Å². The summed E-state index contributed by atoms with van der Waals surface area (Å²) in [5, 5.41) is 8.23. The first kappa shape index (κ1) is 23.3. The SMILES string of the molecule is COCCN(CC(=O)N1N=C(c2cccs2)C[C@@H]1c1ccc(OC)c(OC)c1)C(=O)C1CC1. The number of thiophene rings is 1. The van der Waals surface area contributed by atoms with Crippen LogP contribution in [0.4, 0.5) is 0 Å². The Hall–Kier alpha value is -2.91. The first-order valence-corrected chi connectivity index (χ1v) is 11.9. The van der Waals surface area contributed by atoms with Crippen LogP contribution in [0.1, 0.15) is 35.7 Å². The number of ether oxygens (including phenoxy) is 3. The van der Waals surface area contributed by atoms with Crippen LogP contribution in [-0.4, -0.2) is 68.5 Å². The summed E-state index contributed by atoms with van der Waals surface area (Å²) in [6.45, 7) is 0.742. The van der Waals surface area contributed by atoms with Crippen molar-refractivity contribution in [1.82, 2.24) is 9.91 Å². The fourth-order valence-corrected chi connectivity index (χ4v) is 4.67. The number of nitrogens with zero attached hydrogens (tertiary/aromatic N) is 3. The Labute approximate surface area is 197 Å². The molecule has 1 aromatic carbocycles. The zero-order chi connectivity index (χ0) is 23.4. The van der Waals surface area contributed by atoms with Crippen LogP contribution in [0.15, 0.2) is 40.8 Å². The molecular weight excluding hydrogens is 442 g/mol. The topological polar surface area (TPSA) is 80.7 Å². The van der Waals surface area contributed by atoms with Gasteiger partial charge in [-0.25, -0.2) is 5.01 Å². The minimum absolute atomic E-state index is 0.0183. The summed E-state index contributed by atoms with van der Waals surface area (Å²) < 4.78 is 16.0. The van der Waals surface area contributed by atoms with Gasteiger partial charge in [-0.1, -0.05) is 12.1 Å². The normalized spacial score (nSPS) is 17.6. The van der Waals surface area contributed by atoms with Crippen molar-refractivity contribution < 1.29 is 23.8 Å². The summed E-state index contributed by atoms with van der Waals surface area (Å²) in [5.74, 6) is 1.05. The van der Waals surface area contributed by atoms with E-state index >= 15 is 0 Å². The highest BCUT2D eigenvalue weighted by Gasteiger charge is 2.38. The minimum atomic E-state index is -0.297. The van der Waals surface area contributed by atoms with Gasteiger partial charge < -0.3 is 19.1 Å². The molecule has 4 rings (SSSR count). The van der Waals surface area contributed by atoms with Crippen LogP contribution in [0.25, 0.3) is 0 Å². The highest BCUT2D eigenvalue weighted by Crippen LogP contribution is 2.38. The summed E-state index contributed by atoms with van der Waals surface area (Å²) >= 11 is 1.59. The number of amides is 2. The van der Waals surface area contributed by atoms with Gasteiger partial charge >= 0.3 is 0 Å². The number of hydrogen-bond acceptors (Lipinski definition) is 7.